The lowest BCUT2D eigenvalue weighted by atomic mass is 9.98. The van der Waals surface area contributed by atoms with Crippen molar-refractivity contribution in [2.24, 2.45) is 0 Å². The molecule has 28 heavy (non-hydrogen) atoms. The van der Waals surface area contributed by atoms with Crippen molar-refractivity contribution in [3.63, 3.8) is 0 Å². The van der Waals surface area contributed by atoms with Gasteiger partial charge in [0.25, 0.3) is 5.91 Å². The lowest BCUT2D eigenvalue weighted by Crippen LogP contribution is -2.41. The zero-order valence-corrected chi connectivity index (χ0v) is 17.9. The van der Waals surface area contributed by atoms with Crippen molar-refractivity contribution in [3.05, 3.63) is 16.1 Å². The Kier molecular flexibility index (Phi) is 6.23. The maximum Gasteiger partial charge on any atom is 0.410 e. The molecule has 11 heteroatoms. The number of nitrogens with one attached hydrogen (secondary N) is 2. The Bertz CT molecular complexity index is 836. The first-order valence-electron chi connectivity index (χ1n) is 8.96. The minimum atomic E-state index is -0.494. The van der Waals surface area contributed by atoms with Gasteiger partial charge in [-0.2, -0.15) is 4.98 Å². The van der Waals surface area contributed by atoms with Gasteiger partial charge in [-0.3, -0.25) is 10.1 Å². The smallest absolute Gasteiger partial charge is 0.410 e. The van der Waals surface area contributed by atoms with Gasteiger partial charge in [-0.15, -0.1) is 16.4 Å². The summed E-state index contributed by atoms with van der Waals surface area (Å²) in [6.45, 7) is 6.83. The molecule has 1 fully saturated rings. The van der Waals surface area contributed by atoms with Crippen LogP contribution in [0.2, 0.25) is 0 Å². The van der Waals surface area contributed by atoms with Crippen LogP contribution in [0, 0.1) is 0 Å². The molecule has 1 saturated heterocycles. The number of carbonyl (C=O) groups excluding carboxylic acids is 2. The first-order valence-corrected chi connectivity index (χ1v) is 11.1. The molecule has 0 radical (unpaired) electrons. The highest BCUT2D eigenvalue weighted by molar-refractivity contribution is 7.98. The highest BCUT2D eigenvalue weighted by Gasteiger charge is 2.29. The lowest BCUT2D eigenvalue weighted by molar-refractivity contribution is 0.0205. The average Bonchev–Trinajstić information content (AvgIpc) is 3.30. The van der Waals surface area contributed by atoms with E-state index in [0.29, 0.717) is 29.9 Å². The largest absolute Gasteiger partial charge is 0.444 e. The molecule has 2 amide bonds. The third-order valence-electron chi connectivity index (χ3n) is 4.13. The molecule has 0 saturated carbocycles. The van der Waals surface area contributed by atoms with Gasteiger partial charge in [0.1, 0.15) is 11.3 Å². The fourth-order valence-electron chi connectivity index (χ4n) is 2.78. The number of carbonyl (C=O) groups is 2. The van der Waals surface area contributed by atoms with Gasteiger partial charge >= 0.3 is 6.09 Å². The second kappa shape index (κ2) is 8.48. The second-order valence-corrected chi connectivity index (χ2v) is 9.10. The predicted molar refractivity (Wildman–Crippen MR) is 108 cm³/mol. The van der Waals surface area contributed by atoms with E-state index in [1.807, 2.05) is 27.0 Å². The van der Waals surface area contributed by atoms with Gasteiger partial charge in [-0.25, -0.2) is 14.9 Å². The van der Waals surface area contributed by atoms with Gasteiger partial charge in [0.2, 0.25) is 11.1 Å². The minimum absolute atomic E-state index is 0.235. The number of anilines is 1. The van der Waals surface area contributed by atoms with Crippen molar-refractivity contribution < 1.29 is 14.3 Å². The van der Waals surface area contributed by atoms with Crippen molar-refractivity contribution in [3.8, 4) is 0 Å². The van der Waals surface area contributed by atoms with E-state index in [2.05, 4.69) is 25.5 Å². The van der Waals surface area contributed by atoms with E-state index in [1.54, 1.807) is 10.3 Å². The highest BCUT2D eigenvalue weighted by atomic mass is 32.2. The van der Waals surface area contributed by atoms with Crippen LogP contribution in [0.3, 0.4) is 0 Å². The topological polar surface area (TPSA) is 113 Å². The molecule has 1 aliphatic rings. The SMILES string of the molecule is CSc1n[nH]c(NC(=O)c2csc(C3CCN(C(=O)OC(C)(C)C)CC3)n2)n1. The van der Waals surface area contributed by atoms with E-state index in [4.69, 9.17) is 4.74 Å². The maximum atomic E-state index is 12.4. The van der Waals surface area contributed by atoms with Crippen molar-refractivity contribution in [1.82, 2.24) is 25.1 Å². The summed E-state index contributed by atoms with van der Waals surface area (Å²) in [6.07, 6.45) is 3.18. The van der Waals surface area contributed by atoms with Gasteiger partial charge in [-0.05, 0) is 39.9 Å². The van der Waals surface area contributed by atoms with Gasteiger partial charge in [0.15, 0.2) is 0 Å². The van der Waals surface area contributed by atoms with Crippen LogP contribution in [-0.2, 0) is 4.74 Å². The zero-order valence-electron chi connectivity index (χ0n) is 16.3. The van der Waals surface area contributed by atoms with Crippen LogP contribution in [0.5, 0.6) is 0 Å². The first kappa shape index (κ1) is 20.6. The highest BCUT2D eigenvalue weighted by Crippen LogP contribution is 2.31. The van der Waals surface area contributed by atoms with Crippen LogP contribution < -0.4 is 5.32 Å². The molecule has 0 aliphatic carbocycles. The summed E-state index contributed by atoms with van der Waals surface area (Å²) in [5.74, 6) is 0.214. The second-order valence-electron chi connectivity index (χ2n) is 7.44. The van der Waals surface area contributed by atoms with Crippen LogP contribution in [0.4, 0.5) is 10.7 Å². The molecule has 0 unspecified atom stereocenters. The summed E-state index contributed by atoms with van der Waals surface area (Å²) in [7, 11) is 0. The number of likely N-dealkylation sites (tertiary alicyclic amines) is 1. The third kappa shape index (κ3) is 5.22. The fraction of sp³-hybridized carbons (Fsp3) is 0.588. The number of hydrogen-bond acceptors (Lipinski definition) is 8. The molecule has 1 aliphatic heterocycles. The van der Waals surface area contributed by atoms with Crippen molar-refractivity contribution in [2.45, 2.75) is 50.3 Å². The van der Waals surface area contributed by atoms with E-state index in [-0.39, 0.29) is 17.9 Å². The van der Waals surface area contributed by atoms with E-state index in [0.717, 1.165) is 17.8 Å². The fourth-order valence-corrected chi connectivity index (χ4v) is 4.07. The van der Waals surface area contributed by atoms with Crippen LogP contribution in [0.15, 0.2) is 10.5 Å². The van der Waals surface area contributed by atoms with Crippen molar-refractivity contribution in [1.29, 1.82) is 0 Å². The molecule has 0 spiro atoms. The van der Waals surface area contributed by atoms with Gasteiger partial charge in [0, 0.05) is 24.4 Å². The van der Waals surface area contributed by atoms with Crippen molar-refractivity contribution in [2.75, 3.05) is 24.7 Å². The number of hydrogen-bond donors (Lipinski definition) is 2. The summed E-state index contributed by atoms with van der Waals surface area (Å²) in [5.41, 5.74) is -0.136. The molecule has 9 nitrogen and oxygen atoms in total. The number of aromatic amines is 1. The van der Waals surface area contributed by atoms with E-state index in [9.17, 15) is 9.59 Å². The number of H-pyrrole nitrogens is 1. The number of thiazole rings is 1. The summed E-state index contributed by atoms with van der Waals surface area (Å²) in [5, 5.41) is 12.5. The third-order valence-corrected chi connectivity index (χ3v) is 5.68. The lowest BCUT2D eigenvalue weighted by Gasteiger charge is -2.32. The van der Waals surface area contributed by atoms with Gasteiger partial charge in [-0.1, -0.05) is 11.8 Å². The first-order chi connectivity index (χ1) is 13.2. The van der Waals surface area contributed by atoms with E-state index >= 15 is 0 Å². The number of ether oxygens (including phenoxy) is 1. The molecule has 3 heterocycles. The Balaban J connectivity index is 1.54. The van der Waals surface area contributed by atoms with Crippen LogP contribution in [-0.4, -0.2) is 62.0 Å². The minimum Gasteiger partial charge on any atom is -0.444 e. The zero-order chi connectivity index (χ0) is 20.3. The Labute approximate surface area is 171 Å². The van der Waals surface area contributed by atoms with E-state index in [1.165, 1.54) is 23.1 Å². The molecular formula is C17H24N6O3S2. The maximum absolute atomic E-state index is 12.4. The Morgan fingerprint density at radius 1 is 1.32 bits per heavy atom. The molecular weight excluding hydrogens is 400 g/mol. The number of rotatable bonds is 4. The molecule has 2 aromatic heterocycles. The molecule has 3 rings (SSSR count). The van der Waals surface area contributed by atoms with Crippen LogP contribution >= 0.6 is 23.1 Å². The number of nitrogens with zero attached hydrogens (tertiary/aromatic N) is 4. The van der Waals surface area contributed by atoms with Crippen LogP contribution in [0.25, 0.3) is 0 Å². The van der Waals surface area contributed by atoms with E-state index < -0.39 is 5.60 Å². The molecule has 152 valence electrons. The monoisotopic (exact) mass is 424 g/mol. The summed E-state index contributed by atoms with van der Waals surface area (Å²) < 4.78 is 5.43. The summed E-state index contributed by atoms with van der Waals surface area (Å²) in [6, 6.07) is 0. The molecule has 2 aromatic rings. The molecule has 0 atom stereocenters. The number of aromatic nitrogens is 4. The molecule has 0 aromatic carbocycles. The van der Waals surface area contributed by atoms with Gasteiger partial charge < -0.3 is 9.64 Å². The predicted octanol–water partition coefficient (Wildman–Crippen LogP) is 3.35. The summed E-state index contributed by atoms with van der Waals surface area (Å²) in [4.78, 5) is 34.9. The summed E-state index contributed by atoms with van der Waals surface area (Å²) >= 11 is 2.85. The standard InChI is InChI=1S/C17H24N6O3S2/c1-17(2,3)26-16(25)23-7-5-10(6-8-23)13-18-11(9-28-13)12(24)19-14-20-15(27-4)22-21-14/h9-10H,5-8H2,1-4H3,(H2,19,20,21,22,24). The average molecular weight is 425 g/mol. The number of piperidine rings is 1. The quantitative estimate of drug-likeness (QED) is 0.724. The number of thioether (sulfide) groups is 1. The molecule has 0 bridgehead atoms. The molecule has 2 N–H and O–H groups in total. The Morgan fingerprint density at radius 2 is 2.04 bits per heavy atom. The number of amides is 2. The Morgan fingerprint density at radius 3 is 2.64 bits per heavy atom. The Hall–Kier alpha value is -2.14. The van der Waals surface area contributed by atoms with Gasteiger partial charge in [0.05, 0.1) is 5.01 Å². The normalized spacial score (nSPS) is 15.5. The van der Waals surface area contributed by atoms with Crippen molar-refractivity contribution >= 4 is 41.0 Å². The van der Waals surface area contributed by atoms with Crippen LogP contribution in [0.1, 0.15) is 55.0 Å².